The number of carboxylic acids is 1. The number of carbonyl (C=O) groups is 1. The zero-order valence-electron chi connectivity index (χ0n) is 11.5. The molecule has 1 rings (SSSR count). The van der Waals surface area contributed by atoms with E-state index in [9.17, 15) is 4.79 Å². The summed E-state index contributed by atoms with van der Waals surface area (Å²) in [7, 11) is 0. The summed E-state index contributed by atoms with van der Waals surface area (Å²) in [5.74, 6) is -0.365. The molecule has 0 radical (unpaired) electrons. The second kappa shape index (κ2) is 5.75. The molecule has 0 heterocycles. The molecule has 0 fully saturated rings. The minimum atomic E-state index is -0.790. The smallest absolute Gasteiger partial charge is 0.304 e. The minimum absolute atomic E-state index is 0.103. The summed E-state index contributed by atoms with van der Waals surface area (Å²) in [4.78, 5) is 10.9. The first-order valence-corrected chi connectivity index (χ1v) is 6.67. The lowest BCUT2D eigenvalue weighted by Gasteiger charge is -2.24. The van der Waals surface area contributed by atoms with Crippen LogP contribution in [0.1, 0.15) is 57.6 Å². The summed E-state index contributed by atoms with van der Waals surface area (Å²) < 4.78 is 0. The van der Waals surface area contributed by atoms with Gasteiger partial charge in [-0.2, -0.15) is 0 Å². The van der Waals surface area contributed by atoms with Gasteiger partial charge in [0.25, 0.3) is 0 Å². The fraction of sp³-hybridized carbons (Fsp3) is 0.533. The van der Waals surface area contributed by atoms with Gasteiger partial charge in [0, 0.05) is 10.4 Å². The molecule has 1 aromatic rings. The van der Waals surface area contributed by atoms with Crippen molar-refractivity contribution in [3.05, 3.63) is 34.3 Å². The van der Waals surface area contributed by atoms with Crippen molar-refractivity contribution in [2.75, 3.05) is 0 Å². The molecule has 1 atom stereocenters. The summed E-state index contributed by atoms with van der Waals surface area (Å²) in [6, 6.07) is 5.93. The van der Waals surface area contributed by atoms with Crippen molar-refractivity contribution >= 4 is 17.6 Å². The predicted octanol–water partition coefficient (Wildman–Crippen LogP) is 4.61. The van der Waals surface area contributed by atoms with E-state index in [4.69, 9.17) is 16.7 Å². The van der Waals surface area contributed by atoms with E-state index in [1.165, 1.54) is 0 Å². The van der Waals surface area contributed by atoms with Gasteiger partial charge in [-0.05, 0) is 29.5 Å². The Kier molecular flexibility index (Phi) is 4.80. The van der Waals surface area contributed by atoms with Gasteiger partial charge in [-0.1, -0.05) is 51.4 Å². The molecule has 0 aliphatic carbocycles. The average Bonchev–Trinajstić information content (AvgIpc) is 2.26. The lowest BCUT2D eigenvalue weighted by molar-refractivity contribution is -0.138. The largest absolute Gasteiger partial charge is 0.481 e. The van der Waals surface area contributed by atoms with Crippen molar-refractivity contribution in [2.45, 2.75) is 51.9 Å². The lowest BCUT2D eigenvalue weighted by Crippen LogP contribution is -2.21. The molecule has 2 nitrogen and oxygen atoms in total. The maximum Gasteiger partial charge on any atom is 0.304 e. The Hall–Kier alpha value is -1.02. The van der Waals surface area contributed by atoms with Gasteiger partial charge in [-0.3, -0.25) is 4.79 Å². The molecule has 1 N–H and O–H groups in total. The molecule has 1 aromatic carbocycles. The van der Waals surface area contributed by atoms with E-state index in [0.717, 1.165) is 22.6 Å². The van der Waals surface area contributed by atoms with E-state index in [1.807, 2.05) is 32.0 Å². The Morgan fingerprint density at radius 2 is 2.06 bits per heavy atom. The average molecular weight is 269 g/mol. The summed E-state index contributed by atoms with van der Waals surface area (Å²) in [6.45, 7) is 8.12. The predicted molar refractivity (Wildman–Crippen MR) is 75.4 cm³/mol. The van der Waals surface area contributed by atoms with Crippen molar-refractivity contribution in [3.63, 3.8) is 0 Å². The highest BCUT2D eigenvalue weighted by Gasteiger charge is 2.25. The van der Waals surface area contributed by atoms with E-state index >= 15 is 0 Å². The van der Waals surface area contributed by atoms with Crippen LogP contribution in [0.4, 0.5) is 0 Å². The monoisotopic (exact) mass is 268 g/mol. The van der Waals surface area contributed by atoms with Crippen LogP contribution >= 0.6 is 11.6 Å². The van der Waals surface area contributed by atoms with Gasteiger partial charge in [-0.15, -0.1) is 0 Å². The molecule has 0 saturated heterocycles. The van der Waals surface area contributed by atoms with Gasteiger partial charge in [0.2, 0.25) is 0 Å². The Morgan fingerprint density at radius 1 is 1.44 bits per heavy atom. The number of carboxylic acid groups (broad SMARTS) is 1. The van der Waals surface area contributed by atoms with Crippen molar-refractivity contribution in [1.29, 1.82) is 0 Å². The van der Waals surface area contributed by atoms with E-state index < -0.39 is 11.4 Å². The molecule has 100 valence electrons. The number of rotatable bonds is 5. The van der Waals surface area contributed by atoms with E-state index in [2.05, 4.69) is 13.8 Å². The number of halogens is 1. The molecule has 0 saturated carbocycles. The number of hydrogen-bond acceptors (Lipinski definition) is 1. The van der Waals surface area contributed by atoms with Gasteiger partial charge >= 0.3 is 5.97 Å². The molecule has 3 heteroatoms. The second-order valence-electron chi connectivity index (χ2n) is 5.50. The van der Waals surface area contributed by atoms with Crippen LogP contribution < -0.4 is 0 Å². The normalized spacial score (nSPS) is 13.4. The third-order valence-corrected chi connectivity index (χ3v) is 3.85. The number of aliphatic carboxylic acids is 1. The van der Waals surface area contributed by atoms with Gasteiger partial charge in [0.15, 0.2) is 0 Å². The lowest BCUT2D eigenvalue weighted by atomic mass is 9.80. The van der Waals surface area contributed by atoms with Gasteiger partial charge < -0.3 is 5.11 Å². The maximum absolute atomic E-state index is 10.9. The molecule has 0 aliphatic rings. The first-order chi connectivity index (χ1) is 8.27. The molecule has 1 unspecified atom stereocenters. The van der Waals surface area contributed by atoms with Crippen LogP contribution in [-0.2, 0) is 10.2 Å². The Balaban J connectivity index is 3.07. The molecule has 0 amide bonds. The van der Waals surface area contributed by atoms with Gasteiger partial charge in [0.1, 0.15) is 0 Å². The molecule has 0 aromatic heterocycles. The van der Waals surface area contributed by atoms with Crippen LogP contribution in [0.2, 0.25) is 5.02 Å². The molecule has 0 bridgehead atoms. The van der Waals surface area contributed by atoms with Crippen LogP contribution in [0.5, 0.6) is 0 Å². The summed E-state index contributed by atoms with van der Waals surface area (Å²) in [6.07, 6.45) is 1.14. The molecule has 0 aliphatic heterocycles. The summed E-state index contributed by atoms with van der Waals surface area (Å²) in [5.41, 5.74) is 1.71. The van der Waals surface area contributed by atoms with Crippen LogP contribution in [-0.4, -0.2) is 11.1 Å². The topological polar surface area (TPSA) is 37.3 Å². The van der Waals surface area contributed by atoms with Gasteiger partial charge in [0.05, 0.1) is 6.42 Å². The third-order valence-electron chi connectivity index (χ3n) is 3.52. The zero-order chi connectivity index (χ0) is 13.9. The highest BCUT2D eigenvalue weighted by molar-refractivity contribution is 6.31. The van der Waals surface area contributed by atoms with Crippen LogP contribution in [0.25, 0.3) is 0 Å². The summed E-state index contributed by atoms with van der Waals surface area (Å²) in [5, 5.41) is 9.66. The highest BCUT2D eigenvalue weighted by atomic mass is 35.5. The first-order valence-electron chi connectivity index (χ1n) is 6.29. The molecular weight excluding hydrogens is 248 g/mol. The summed E-state index contributed by atoms with van der Waals surface area (Å²) >= 11 is 6.30. The zero-order valence-corrected chi connectivity index (χ0v) is 12.2. The third kappa shape index (κ3) is 3.49. The van der Waals surface area contributed by atoms with Gasteiger partial charge in [-0.25, -0.2) is 0 Å². The number of hydrogen-bond donors (Lipinski definition) is 1. The van der Waals surface area contributed by atoms with Crippen molar-refractivity contribution < 1.29 is 9.90 Å². The van der Waals surface area contributed by atoms with Crippen LogP contribution in [0, 0.1) is 0 Å². The highest BCUT2D eigenvalue weighted by Crippen LogP contribution is 2.33. The fourth-order valence-corrected chi connectivity index (χ4v) is 2.41. The molecular formula is C15H21ClO2. The minimum Gasteiger partial charge on any atom is -0.481 e. The van der Waals surface area contributed by atoms with Crippen molar-refractivity contribution in [2.24, 2.45) is 0 Å². The van der Waals surface area contributed by atoms with E-state index in [1.54, 1.807) is 0 Å². The van der Waals surface area contributed by atoms with Crippen molar-refractivity contribution in [1.82, 2.24) is 0 Å². The Labute approximate surface area is 114 Å². The standard InChI is InChI=1S/C15H21ClO2/c1-5-10(2)12-7-6-11(8-13(12)16)15(3,4)9-14(17)18/h6-8,10H,5,9H2,1-4H3,(H,17,18). The Morgan fingerprint density at radius 3 is 2.50 bits per heavy atom. The van der Waals surface area contributed by atoms with Crippen LogP contribution in [0.3, 0.4) is 0 Å². The Bertz CT molecular complexity index is 438. The SMILES string of the molecule is CCC(C)c1ccc(C(C)(C)CC(=O)O)cc1Cl. The second-order valence-corrected chi connectivity index (χ2v) is 5.91. The quantitative estimate of drug-likeness (QED) is 0.847. The fourth-order valence-electron chi connectivity index (χ4n) is 2.05. The number of benzene rings is 1. The van der Waals surface area contributed by atoms with E-state index in [-0.39, 0.29) is 6.42 Å². The first kappa shape index (κ1) is 15.0. The van der Waals surface area contributed by atoms with E-state index in [0.29, 0.717) is 5.92 Å². The van der Waals surface area contributed by atoms with Crippen molar-refractivity contribution in [3.8, 4) is 0 Å². The molecule has 0 spiro atoms. The molecule has 18 heavy (non-hydrogen) atoms. The maximum atomic E-state index is 10.9. The van der Waals surface area contributed by atoms with Crippen LogP contribution in [0.15, 0.2) is 18.2 Å².